The van der Waals surface area contributed by atoms with E-state index in [0.717, 1.165) is 0 Å². The van der Waals surface area contributed by atoms with E-state index >= 15 is 0 Å². The Labute approximate surface area is 112 Å². The minimum absolute atomic E-state index is 0.792. The first-order valence-corrected chi connectivity index (χ1v) is 4.70. The van der Waals surface area contributed by atoms with Gasteiger partial charge in [-0.15, -0.1) is 0 Å². The quantitative estimate of drug-likeness (QED) is 0.573. The molecule has 0 fully saturated rings. The highest BCUT2D eigenvalue weighted by Gasteiger charge is 2.30. The molecule has 0 atom stereocenters. The van der Waals surface area contributed by atoms with Crippen molar-refractivity contribution in [1.82, 2.24) is 9.97 Å². The van der Waals surface area contributed by atoms with Crippen molar-refractivity contribution < 1.29 is 53.1 Å². The lowest BCUT2D eigenvalue weighted by atomic mass is 10.6. The second-order valence-corrected chi connectivity index (χ2v) is 2.99. The van der Waals surface area contributed by atoms with Gasteiger partial charge in [-0.05, 0) is 0 Å². The molecule has 2 rings (SSSR count). The van der Waals surface area contributed by atoms with Gasteiger partial charge in [0, 0.05) is 0 Å². The minimum atomic E-state index is -1.88. The number of rotatable bonds is 2. The lowest BCUT2D eigenvalue weighted by Crippen LogP contribution is -2.14. The number of aromatic nitrogens is 2. The Hall–Kier alpha value is -3.64. The number of ether oxygens (including phenoxy) is 5. The van der Waals surface area contributed by atoms with Gasteiger partial charge >= 0.3 is 24.6 Å². The molecule has 13 heteroatoms. The fraction of sp³-hybridized carbons (Fsp3) is 0. The molecule has 0 saturated heterocycles. The third kappa shape index (κ3) is 3.22. The van der Waals surface area contributed by atoms with Crippen molar-refractivity contribution in [2.45, 2.75) is 0 Å². The molecule has 0 bridgehead atoms. The summed E-state index contributed by atoms with van der Waals surface area (Å²) < 4.78 is 20.8. The van der Waals surface area contributed by atoms with Crippen LogP contribution in [0.15, 0.2) is 0 Å². The van der Waals surface area contributed by atoms with Gasteiger partial charge in [0.25, 0.3) is 23.5 Å². The minimum Gasteiger partial charge on any atom is -0.449 e. The first kappa shape index (κ1) is 13.8. The first-order chi connectivity index (χ1) is 9.85. The van der Waals surface area contributed by atoms with Gasteiger partial charge in [0.2, 0.25) is 0 Å². The molecule has 110 valence electrons. The van der Waals surface area contributed by atoms with Crippen LogP contribution in [0.2, 0.25) is 0 Å². The molecule has 0 amide bonds. The van der Waals surface area contributed by atoms with Gasteiger partial charge in [-0.2, -0.15) is 9.97 Å². The van der Waals surface area contributed by atoms with Crippen molar-refractivity contribution in [1.29, 1.82) is 0 Å². The monoisotopic (exact) mass is 302 g/mol. The average Bonchev–Trinajstić information content (AvgIpc) is 2.45. The number of carbonyl (C=O) groups excluding carboxylic acids is 2. The highest BCUT2D eigenvalue weighted by atomic mass is 16.8. The molecule has 0 radical (unpaired) electrons. The third-order valence-electron chi connectivity index (χ3n) is 1.67. The summed E-state index contributed by atoms with van der Waals surface area (Å²) in [6, 6.07) is 0. The van der Waals surface area contributed by atoms with E-state index in [-0.39, 0.29) is 0 Å². The van der Waals surface area contributed by atoms with Crippen molar-refractivity contribution >= 4 is 24.6 Å². The molecule has 0 saturated carbocycles. The second kappa shape index (κ2) is 5.16. The predicted octanol–water partition coefficient (Wildman–Crippen LogP) is 0.618. The fourth-order valence-corrected chi connectivity index (χ4v) is 1.07. The number of cyclic esters (lactones) is 2. The van der Waals surface area contributed by atoms with E-state index in [0.29, 0.717) is 0 Å². The van der Waals surface area contributed by atoms with E-state index in [1.165, 1.54) is 0 Å². The van der Waals surface area contributed by atoms with Gasteiger partial charge in [-0.25, -0.2) is 19.2 Å². The van der Waals surface area contributed by atoms with E-state index in [4.69, 9.17) is 10.2 Å². The van der Waals surface area contributed by atoms with E-state index in [9.17, 15) is 19.2 Å². The topological polar surface area (TPSA) is 181 Å². The molecule has 2 N–H and O–H groups in total. The van der Waals surface area contributed by atoms with Gasteiger partial charge in [-0.3, -0.25) is 0 Å². The van der Waals surface area contributed by atoms with Gasteiger partial charge in [-0.1, -0.05) is 0 Å². The number of hydrogen-bond acceptors (Lipinski definition) is 11. The zero-order valence-electron chi connectivity index (χ0n) is 9.46. The third-order valence-corrected chi connectivity index (χ3v) is 1.67. The summed E-state index contributed by atoms with van der Waals surface area (Å²) in [6.07, 6.45) is -6.82. The van der Waals surface area contributed by atoms with Crippen LogP contribution in [0.3, 0.4) is 0 Å². The molecule has 0 unspecified atom stereocenters. The van der Waals surface area contributed by atoms with Crippen LogP contribution in [0.1, 0.15) is 0 Å². The molecule has 13 nitrogen and oxygen atoms in total. The molecule has 1 aliphatic heterocycles. The summed E-state index contributed by atoms with van der Waals surface area (Å²) in [4.78, 5) is 49.4. The van der Waals surface area contributed by atoms with Crippen LogP contribution in [-0.2, 0) is 4.74 Å². The first-order valence-electron chi connectivity index (χ1n) is 4.70. The lowest BCUT2D eigenvalue weighted by Gasteiger charge is -2.07. The van der Waals surface area contributed by atoms with Gasteiger partial charge in [0.1, 0.15) is 0 Å². The highest BCUT2D eigenvalue weighted by Crippen LogP contribution is 2.34. The SMILES string of the molecule is O=C(O)Oc1nc2c(nc1OC(=O)O)OC(=O)OC(=O)O2. The summed E-state index contributed by atoms with van der Waals surface area (Å²) >= 11 is 0. The van der Waals surface area contributed by atoms with Crippen molar-refractivity contribution in [2.75, 3.05) is 0 Å². The molecule has 1 aromatic heterocycles. The summed E-state index contributed by atoms with van der Waals surface area (Å²) in [7, 11) is 0. The summed E-state index contributed by atoms with van der Waals surface area (Å²) in [5, 5.41) is 16.9. The number of hydrogen-bond donors (Lipinski definition) is 2. The Kier molecular flexibility index (Phi) is 3.38. The van der Waals surface area contributed by atoms with Crippen molar-refractivity contribution in [3.8, 4) is 23.5 Å². The zero-order chi connectivity index (χ0) is 15.6. The molecular formula is C8H2N2O11. The van der Waals surface area contributed by atoms with Crippen LogP contribution in [-0.4, -0.2) is 44.8 Å². The second-order valence-electron chi connectivity index (χ2n) is 2.99. The summed E-state index contributed by atoms with van der Waals surface area (Å²) in [5.74, 6) is -3.51. The Morgan fingerprint density at radius 3 is 1.52 bits per heavy atom. The Morgan fingerprint density at radius 1 is 0.810 bits per heavy atom. The van der Waals surface area contributed by atoms with E-state index in [2.05, 4.69) is 33.7 Å². The normalized spacial score (nSPS) is 13.0. The van der Waals surface area contributed by atoms with Crippen molar-refractivity contribution in [3.05, 3.63) is 0 Å². The van der Waals surface area contributed by atoms with Gasteiger partial charge < -0.3 is 33.9 Å². The van der Waals surface area contributed by atoms with Gasteiger partial charge in [0.15, 0.2) is 0 Å². The van der Waals surface area contributed by atoms with E-state index in [1.54, 1.807) is 0 Å². The maximum absolute atomic E-state index is 11.0. The van der Waals surface area contributed by atoms with Crippen molar-refractivity contribution in [3.63, 3.8) is 0 Å². The van der Waals surface area contributed by atoms with Crippen LogP contribution in [0.4, 0.5) is 19.2 Å². The summed E-state index contributed by atoms with van der Waals surface area (Å²) in [5.41, 5.74) is 0. The highest BCUT2D eigenvalue weighted by molar-refractivity contribution is 5.81. The van der Waals surface area contributed by atoms with Gasteiger partial charge in [0.05, 0.1) is 0 Å². The van der Waals surface area contributed by atoms with Crippen LogP contribution < -0.4 is 18.9 Å². The van der Waals surface area contributed by atoms with Crippen molar-refractivity contribution in [2.24, 2.45) is 0 Å². The number of nitrogens with zero attached hydrogens (tertiary/aromatic N) is 2. The van der Waals surface area contributed by atoms with Crippen LogP contribution >= 0.6 is 0 Å². The molecular weight excluding hydrogens is 300 g/mol. The molecule has 2 heterocycles. The maximum Gasteiger partial charge on any atom is 0.525 e. The van der Waals surface area contributed by atoms with Crippen LogP contribution in [0.25, 0.3) is 0 Å². The molecule has 0 aliphatic carbocycles. The molecule has 21 heavy (non-hydrogen) atoms. The number of carboxylic acid groups (broad SMARTS) is 2. The predicted molar refractivity (Wildman–Crippen MR) is 52.5 cm³/mol. The molecule has 0 spiro atoms. The lowest BCUT2D eigenvalue weighted by molar-refractivity contribution is 0.0989. The van der Waals surface area contributed by atoms with Crippen LogP contribution in [0, 0.1) is 0 Å². The molecule has 1 aliphatic rings. The number of carbonyl (C=O) groups is 4. The Bertz CT molecular complexity index is 599. The Balaban J connectivity index is 2.50. The maximum atomic E-state index is 11.0. The Morgan fingerprint density at radius 2 is 1.19 bits per heavy atom. The fourth-order valence-electron chi connectivity index (χ4n) is 1.07. The smallest absolute Gasteiger partial charge is 0.449 e. The van der Waals surface area contributed by atoms with E-state index < -0.39 is 48.1 Å². The van der Waals surface area contributed by atoms with Crippen LogP contribution in [0.5, 0.6) is 23.5 Å². The average molecular weight is 302 g/mol. The number of fused-ring (bicyclic) bond motifs is 1. The standard InChI is InChI=1S/C8H2N2O11/c11-5(12)17-1-2(18-6(13)14)10-4-3(9-1)19-7(15)21-8(16)20-4/h(H,11,12)(H,13,14). The molecule has 1 aromatic rings. The van der Waals surface area contributed by atoms with E-state index in [1.807, 2.05) is 0 Å². The summed E-state index contributed by atoms with van der Waals surface area (Å²) in [6.45, 7) is 0. The zero-order valence-corrected chi connectivity index (χ0v) is 9.46. The largest absolute Gasteiger partial charge is 0.525 e. The molecule has 0 aromatic carbocycles.